The Hall–Kier alpha value is -2.86. The Morgan fingerprint density at radius 3 is 2.42 bits per heavy atom. The van der Waals surface area contributed by atoms with Crippen LogP contribution in [-0.4, -0.2) is 29.9 Å². The SMILES string of the molecule is CN(C(=O)CCCC(=O)Nc1ccc(Cl)c(C(=O)O)c1)c1ccccc1. The van der Waals surface area contributed by atoms with Crippen molar-refractivity contribution in [1.82, 2.24) is 0 Å². The number of carboxylic acid groups (broad SMARTS) is 1. The van der Waals surface area contributed by atoms with E-state index in [1.165, 1.54) is 18.2 Å². The van der Waals surface area contributed by atoms with Crippen molar-refractivity contribution in [2.45, 2.75) is 19.3 Å². The number of hydrogen-bond acceptors (Lipinski definition) is 3. The van der Waals surface area contributed by atoms with Crippen molar-refractivity contribution in [2.75, 3.05) is 17.3 Å². The Morgan fingerprint density at radius 2 is 1.77 bits per heavy atom. The lowest BCUT2D eigenvalue weighted by Gasteiger charge is -2.17. The lowest BCUT2D eigenvalue weighted by Crippen LogP contribution is -2.26. The van der Waals surface area contributed by atoms with E-state index in [1.54, 1.807) is 11.9 Å². The molecular formula is C19H19ClN2O4. The molecule has 0 aliphatic rings. The third-order valence-electron chi connectivity index (χ3n) is 3.79. The Kier molecular flexibility index (Phi) is 6.74. The van der Waals surface area contributed by atoms with Gasteiger partial charge in [0.25, 0.3) is 0 Å². The highest BCUT2D eigenvalue weighted by Gasteiger charge is 2.13. The van der Waals surface area contributed by atoms with Crippen LogP contribution < -0.4 is 10.2 Å². The molecule has 0 spiro atoms. The molecule has 0 aliphatic heterocycles. The van der Waals surface area contributed by atoms with E-state index in [9.17, 15) is 14.4 Å². The number of amides is 2. The molecule has 0 saturated carbocycles. The summed E-state index contributed by atoms with van der Waals surface area (Å²) in [5.41, 5.74) is 1.07. The van der Waals surface area contributed by atoms with Crippen LogP contribution in [0.4, 0.5) is 11.4 Å². The van der Waals surface area contributed by atoms with Crippen LogP contribution >= 0.6 is 11.6 Å². The summed E-state index contributed by atoms with van der Waals surface area (Å²) >= 11 is 5.79. The van der Waals surface area contributed by atoms with E-state index < -0.39 is 5.97 Å². The Balaban J connectivity index is 1.83. The highest BCUT2D eigenvalue weighted by Crippen LogP contribution is 2.21. The lowest BCUT2D eigenvalue weighted by atomic mass is 10.1. The van der Waals surface area contributed by atoms with E-state index in [0.717, 1.165) is 5.69 Å². The van der Waals surface area contributed by atoms with Gasteiger partial charge in [-0.2, -0.15) is 0 Å². The van der Waals surface area contributed by atoms with Crippen molar-refractivity contribution in [3.63, 3.8) is 0 Å². The van der Waals surface area contributed by atoms with E-state index in [0.29, 0.717) is 12.1 Å². The summed E-state index contributed by atoms with van der Waals surface area (Å²) in [7, 11) is 1.69. The fourth-order valence-electron chi connectivity index (χ4n) is 2.35. The van der Waals surface area contributed by atoms with Gasteiger partial charge in [0.1, 0.15) is 0 Å². The van der Waals surface area contributed by atoms with Gasteiger partial charge in [0, 0.05) is 31.3 Å². The molecule has 0 aliphatic carbocycles. The van der Waals surface area contributed by atoms with E-state index >= 15 is 0 Å². The van der Waals surface area contributed by atoms with Gasteiger partial charge >= 0.3 is 5.97 Å². The smallest absolute Gasteiger partial charge is 0.337 e. The van der Waals surface area contributed by atoms with Gasteiger partial charge in [0.15, 0.2) is 0 Å². The Bertz CT molecular complexity index is 808. The number of nitrogens with one attached hydrogen (secondary N) is 1. The molecule has 0 heterocycles. The molecular weight excluding hydrogens is 356 g/mol. The van der Waals surface area contributed by atoms with Crippen molar-refractivity contribution in [3.8, 4) is 0 Å². The maximum absolute atomic E-state index is 12.2. The number of para-hydroxylation sites is 1. The normalized spacial score (nSPS) is 10.2. The number of carbonyl (C=O) groups is 3. The molecule has 2 aromatic rings. The number of anilines is 2. The van der Waals surface area contributed by atoms with Crippen LogP contribution in [-0.2, 0) is 9.59 Å². The first-order valence-electron chi connectivity index (χ1n) is 8.03. The van der Waals surface area contributed by atoms with Crippen LogP contribution in [0.3, 0.4) is 0 Å². The molecule has 0 atom stereocenters. The third-order valence-corrected chi connectivity index (χ3v) is 4.12. The predicted molar refractivity (Wildman–Crippen MR) is 101 cm³/mol. The van der Waals surface area contributed by atoms with Gasteiger partial charge in [-0.3, -0.25) is 9.59 Å². The number of aromatic carboxylic acids is 1. The lowest BCUT2D eigenvalue weighted by molar-refractivity contribution is -0.118. The fraction of sp³-hybridized carbons (Fsp3) is 0.211. The van der Waals surface area contributed by atoms with Crippen molar-refractivity contribution < 1.29 is 19.5 Å². The molecule has 6 nitrogen and oxygen atoms in total. The number of hydrogen-bond donors (Lipinski definition) is 2. The minimum Gasteiger partial charge on any atom is -0.478 e. The van der Waals surface area contributed by atoms with E-state index in [4.69, 9.17) is 16.7 Å². The number of nitrogens with zero attached hydrogens (tertiary/aromatic N) is 1. The van der Waals surface area contributed by atoms with Crippen LogP contribution in [0, 0.1) is 0 Å². The number of halogens is 1. The highest BCUT2D eigenvalue weighted by atomic mass is 35.5. The second-order valence-corrected chi connectivity index (χ2v) is 6.10. The van der Waals surface area contributed by atoms with Crippen molar-refractivity contribution >= 4 is 40.8 Å². The molecule has 0 aromatic heterocycles. The summed E-state index contributed by atoms with van der Waals surface area (Å²) in [6, 6.07) is 13.5. The highest BCUT2D eigenvalue weighted by molar-refractivity contribution is 6.33. The average molecular weight is 375 g/mol. The van der Waals surface area contributed by atoms with Crippen molar-refractivity contribution in [3.05, 3.63) is 59.1 Å². The molecule has 136 valence electrons. The van der Waals surface area contributed by atoms with Gasteiger partial charge in [-0.05, 0) is 36.8 Å². The minimum atomic E-state index is -1.17. The fourth-order valence-corrected chi connectivity index (χ4v) is 2.55. The topological polar surface area (TPSA) is 86.7 Å². The Morgan fingerprint density at radius 1 is 1.08 bits per heavy atom. The predicted octanol–water partition coefficient (Wildman–Crippen LogP) is 3.81. The molecule has 0 fully saturated rings. The summed E-state index contributed by atoms with van der Waals surface area (Å²) < 4.78 is 0. The van der Waals surface area contributed by atoms with Gasteiger partial charge in [0.05, 0.1) is 10.6 Å². The van der Waals surface area contributed by atoms with Crippen LogP contribution in [0.5, 0.6) is 0 Å². The molecule has 7 heteroatoms. The summed E-state index contributed by atoms with van der Waals surface area (Å²) in [5, 5.41) is 11.7. The summed E-state index contributed by atoms with van der Waals surface area (Å²) in [5.74, 6) is -1.54. The quantitative estimate of drug-likeness (QED) is 0.771. The zero-order chi connectivity index (χ0) is 19.1. The van der Waals surface area contributed by atoms with E-state index in [-0.39, 0.29) is 35.2 Å². The molecule has 2 rings (SSSR count). The van der Waals surface area contributed by atoms with E-state index in [1.807, 2.05) is 30.3 Å². The number of benzene rings is 2. The second-order valence-electron chi connectivity index (χ2n) is 5.69. The second kappa shape index (κ2) is 9.01. The van der Waals surface area contributed by atoms with Gasteiger partial charge in [-0.1, -0.05) is 29.8 Å². The maximum atomic E-state index is 12.2. The molecule has 0 bridgehead atoms. The van der Waals surface area contributed by atoms with E-state index in [2.05, 4.69) is 5.32 Å². The number of carboxylic acids is 1. The molecule has 2 N–H and O–H groups in total. The van der Waals surface area contributed by atoms with Crippen molar-refractivity contribution in [2.24, 2.45) is 0 Å². The van der Waals surface area contributed by atoms with Gasteiger partial charge < -0.3 is 15.3 Å². The van der Waals surface area contributed by atoms with Gasteiger partial charge in [-0.15, -0.1) is 0 Å². The van der Waals surface area contributed by atoms with Crippen molar-refractivity contribution in [1.29, 1.82) is 0 Å². The first kappa shape index (κ1) is 19.5. The summed E-state index contributed by atoms with van der Waals surface area (Å²) in [6.07, 6.45) is 0.778. The summed E-state index contributed by atoms with van der Waals surface area (Å²) in [4.78, 5) is 36.7. The zero-order valence-electron chi connectivity index (χ0n) is 14.2. The van der Waals surface area contributed by atoms with Crippen LogP contribution in [0.25, 0.3) is 0 Å². The molecule has 0 radical (unpaired) electrons. The third kappa shape index (κ3) is 5.32. The largest absolute Gasteiger partial charge is 0.478 e. The number of carbonyl (C=O) groups excluding carboxylic acids is 2. The Labute approximate surface area is 156 Å². The van der Waals surface area contributed by atoms with Crippen LogP contribution in [0.2, 0.25) is 5.02 Å². The number of rotatable bonds is 7. The summed E-state index contributed by atoms with van der Waals surface area (Å²) in [6.45, 7) is 0. The zero-order valence-corrected chi connectivity index (χ0v) is 15.0. The minimum absolute atomic E-state index is 0.0795. The standard InChI is InChI=1S/C19H19ClN2O4/c1-22(14-6-3-2-4-7-14)18(24)9-5-8-17(23)21-13-10-11-16(20)15(12-13)19(25)26/h2-4,6-7,10-12H,5,8-9H2,1H3,(H,21,23)(H,25,26). The average Bonchev–Trinajstić information content (AvgIpc) is 2.63. The first-order chi connectivity index (χ1) is 12.4. The maximum Gasteiger partial charge on any atom is 0.337 e. The molecule has 2 aromatic carbocycles. The van der Waals surface area contributed by atoms with Crippen LogP contribution in [0.1, 0.15) is 29.6 Å². The first-order valence-corrected chi connectivity index (χ1v) is 8.40. The van der Waals surface area contributed by atoms with Gasteiger partial charge in [0.2, 0.25) is 11.8 Å². The molecule has 0 unspecified atom stereocenters. The molecule has 26 heavy (non-hydrogen) atoms. The molecule has 2 amide bonds. The molecule has 0 saturated heterocycles. The van der Waals surface area contributed by atoms with Gasteiger partial charge in [-0.25, -0.2) is 4.79 Å². The monoisotopic (exact) mass is 374 g/mol. The van der Waals surface area contributed by atoms with Crippen LogP contribution in [0.15, 0.2) is 48.5 Å².